The highest BCUT2D eigenvalue weighted by molar-refractivity contribution is 9.10. The number of aliphatic hydroxyl groups excluding tert-OH is 1. The van der Waals surface area contributed by atoms with Crippen LogP contribution >= 0.6 is 40.1 Å². The molecule has 4 rings (SSSR count). The molecule has 0 spiro atoms. The number of methoxy groups -OCH3 is 1. The van der Waals surface area contributed by atoms with Crippen molar-refractivity contribution >= 4 is 59.8 Å². The van der Waals surface area contributed by atoms with Gasteiger partial charge in [0.05, 0.1) is 35.2 Å². The molecular weight excluding hydrogens is 707 g/mol. The van der Waals surface area contributed by atoms with Gasteiger partial charge < -0.3 is 28.4 Å². The van der Waals surface area contributed by atoms with Crippen LogP contribution in [0.2, 0.25) is 0 Å². The van der Waals surface area contributed by atoms with Gasteiger partial charge in [-0.05, 0) is 48.5 Å². The quantitative estimate of drug-likeness (QED) is 0.338. The van der Waals surface area contributed by atoms with E-state index >= 15 is 0 Å². The van der Waals surface area contributed by atoms with Gasteiger partial charge >= 0.3 is 8.25 Å². The molecule has 1 unspecified atom stereocenters. The second-order valence-corrected chi connectivity index (χ2v) is 15.9. The number of hydrogen-bond donors (Lipinski definition) is 1. The second kappa shape index (κ2) is 13.1. The van der Waals surface area contributed by atoms with Crippen molar-refractivity contribution in [3.8, 4) is 0 Å². The van der Waals surface area contributed by atoms with Crippen LogP contribution in [0.5, 0.6) is 0 Å². The highest BCUT2D eigenvalue weighted by Crippen LogP contribution is 2.38. The summed E-state index contributed by atoms with van der Waals surface area (Å²) in [4.78, 5) is 0.126. The van der Waals surface area contributed by atoms with E-state index in [1.807, 2.05) is 0 Å². The van der Waals surface area contributed by atoms with E-state index in [2.05, 4.69) is 31.9 Å². The number of sulfone groups is 2. The van der Waals surface area contributed by atoms with Crippen molar-refractivity contribution < 1.29 is 49.8 Å². The maximum absolute atomic E-state index is 13.0. The molecule has 16 heteroatoms. The molecule has 0 bridgehead atoms. The zero-order chi connectivity index (χ0) is 28.4. The first-order chi connectivity index (χ1) is 18.4. The van der Waals surface area contributed by atoms with Gasteiger partial charge in [0, 0.05) is 28.9 Å². The van der Waals surface area contributed by atoms with Crippen LogP contribution in [0.3, 0.4) is 0 Å². The third-order valence-corrected chi connectivity index (χ3v) is 12.2. The van der Waals surface area contributed by atoms with E-state index in [0.29, 0.717) is 4.47 Å². The first-order valence-corrected chi connectivity index (χ1v) is 17.6. The smallest absolute Gasteiger partial charge is 0.319 e. The van der Waals surface area contributed by atoms with Gasteiger partial charge in [0.25, 0.3) is 0 Å². The number of benzene rings is 2. The molecular formula is C23H27Br2O11PS2. The van der Waals surface area contributed by atoms with E-state index in [0.717, 1.165) is 4.47 Å². The third-order valence-electron chi connectivity index (χ3n) is 6.40. The zero-order valence-corrected chi connectivity index (χ0v) is 26.3. The van der Waals surface area contributed by atoms with Crippen molar-refractivity contribution in [3.05, 3.63) is 57.5 Å². The summed E-state index contributed by atoms with van der Waals surface area (Å²) >= 11 is 6.52. The van der Waals surface area contributed by atoms with Crippen molar-refractivity contribution in [3.63, 3.8) is 0 Å². The molecule has 216 valence electrons. The van der Waals surface area contributed by atoms with Gasteiger partial charge in [-0.15, -0.1) is 0 Å². The van der Waals surface area contributed by atoms with Gasteiger partial charge in [0.1, 0.15) is 12.2 Å². The monoisotopic (exact) mass is 732 g/mol. The van der Waals surface area contributed by atoms with Gasteiger partial charge in [-0.25, -0.2) is 16.8 Å². The van der Waals surface area contributed by atoms with Crippen molar-refractivity contribution in [1.29, 1.82) is 0 Å². The summed E-state index contributed by atoms with van der Waals surface area (Å²) in [6.07, 6.45) is -3.66. The summed E-state index contributed by atoms with van der Waals surface area (Å²) in [5, 5.41) is 9.69. The molecule has 1 N–H and O–H groups in total. The molecule has 2 fully saturated rings. The van der Waals surface area contributed by atoms with Gasteiger partial charge in [-0.2, -0.15) is 0 Å². The van der Waals surface area contributed by atoms with E-state index in [-0.39, 0.29) is 29.2 Å². The van der Waals surface area contributed by atoms with E-state index in [9.17, 15) is 26.5 Å². The molecule has 2 saturated heterocycles. The van der Waals surface area contributed by atoms with Crippen LogP contribution in [0, 0.1) is 0 Å². The summed E-state index contributed by atoms with van der Waals surface area (Å²) < 4.78 is 93.5. The topological polar surface area (TPSA) is 152 Å². The zero-order valence-electron chi connectivity index (χ0n) is 20.5. The Labute approximate surface area is 244 Å². The molecule has 2 heterocycles. The first-order valence-electron chi connectivity index (χ1n) is 11.7. The lowest BCUT2D eigenvalue weighted by Gasteiger charge is -2.19. The van der Waals surface area contributed by atoms with Crippen molar-refractivity contribution in [1.82, 2.24) is 0 Å². The highest BCUT2D eigenvalue weighted by atomic mass is 79.9. The fraction of sp³-hybridized carbons (Fsp3) is 0.478. The van der Waals surface area contributed by atoms with Crippen LogP contribution in [0.25, 0.3) is 0 Å². The Bertz CT molecular complexity index is 1370. The van der Waals surface area contributed by atoms with Crippen LogP contribution in [0.15, 0.2) is 67.3 Å². The van der Waals surface area contributed by atoms with Crippen LogP contribution in [-0.2, 0) is 47.5 Å². The summed E-state index contributed by atoms with van der Waals surface area (Å²) in [5.41, 5.74) is -2.50. The Kier molecular flexibility index (Phi) is 10.5. The molecule has 0 aliphatic carbocycles. The largest absolute Gasteiger partial charge is 0.394 e. The van der Waals surface area contributed by atoms with Crippen molar-refractivity contribution in [2.45, 2.75) is 57.9 Å². The normalized spacial score (nSPS) is 28.5. The van der Waals surface area contributed by atoms with Gasteiger partial charge in [-0.1, -0.05) is 31.9 Å². The molecule has 2 aliphatic rings. The molecule has 0 amide bonds. The minimum Gasteiger partial charge on any atom is -0.394 e. The number of hydrogen-bond acceptors (Lipinski definition) is 11. The van der Waals surface area contributed by atoms with Crippen LogP contribution in [0.4, 0.5) is 0 Å². The van der Waals surface area contributed by atoms with Crippen LogP contribution in [-0.4, -0.2) is 77.6 Å². The minimum absolute atomic E-state index is 0.0357. The van der Waals surface area contributed by atoms with E-state index in [4.69, 9.17) is 23.3 Å². The maximum atomic E-state index is 13.0. The van der Waals surface area contributed by atoms with Gasteiger partial charge in [-0.3, -0.25) is 4.57 Å². The summed E-state index contributed by atoms with van der Waals surface area (Å²) in [7, 11) is -9.54. The molecule has 39 heavy (non-hydrogen) atoms. The average molecular weight is 734 g/mol. The first kappa shape index (κ1) is 31.2. The molecule has 2 aromatic carbocycles. The number of rotatable bonds is 11. The predicted octanol–water partition coefficient (Wildman–Crippen LogP) is 3.49. The van der Waals surface area contributed by atoms with Gasteiger partial charge in [0.2, 0.25) is 19.7 Å². The summed E-state index contributed by atoms with van der Waals surface area (Å²) in [6.45, 7) is -0.847. The summed E-state index contributed by atoms with van der Waals surface area (Å²) in [5.74, 6) is 0. The Morgan fingerprint density at radius 3 is 1.77 bits per heavy atom. The Balaban J connectivity index is 1.35. The third kappa shape index (κ3) is 7.20. The maximum Gasteiger partial charge on any atom is 0.319 e. The number of aliphatic hydroxyl groups is 1. The SMILES string of the molecule is CO[C@@H]1C[C@H](S(=O)(=O)c2ccc(Br)cc2)O[C@@H]1CO[PH](=O)O[C@@H]1C[C@H](S(=O)(=O)c2ccc(Br)cc2)O[C@@H]1CO. The molecule has 0 aromatic heterocycles. The molecule has 0 radical (unpaired) electrons. The Hall–Kier alpha value is -0.710. The fourth-order valence-corrected chi connectivity index (χ4v) is 8.79. The minimum atomic E-state index is -3.91. The fourth-order valence-electron chi connectivity index (χ4n) is 4.30. The van der Waals surface area contributed by atoms with Crippen LogP contribution in [0.1, 0.15) is 12.8 Å². The van der Waals surface area contributed by atoms with Crippen molar-refractivity contribution in [2.75, 3.05) is 20.3 Å². The number of ether oxygens (including phenoxy) is 3. The standard InChI is InChI=1S/C23H27Br2O11PS2/c1-32-18-10-22(38(28,29)16-6-2-14(24)3-7-16)35-21(18)13-33-37(27)36-19-11-23(34-20(19)12-26)39(30,31)17-8-4-15(25)5-9-17/h2-9,18-23,26,37H,10-13H2,1H3/t18-,19-,20-,21-,22+,23+/m1/s1. The molecule has 7 atom stereocenters. The predicted molar refractivity (Wildman–Crippen MR) is 147 cm³/mol. The lowest BCUT2D eigenvalue weighted by molar-refractivity contribution is -0.0225. The lowest BCUT2D eigenvalue weighted by Crippen LogP contribution is -2.29. The molecule has 2 aromatic rings. The summed E-state index contributed by atoms with van der Waals surface area (Å²) in [6, 6.07) is 12.2. The Morgan fingerprint density at radius 1 is 0.846 bits per heavy atom. The molecule has 2 aliphatic heterocycles. The van der Waals surface area contributed by atoms with Crippen molar-refractivity contribution in [2.24, 2.45) is 0 Å². The van der Waals surface area contributed by atoms with Gasteiger partial charge in [0.15, 0.2) is 10.9 Å². The van der Waals surface area contributed by atoms with Crippen LogP contribution < -0.4 is 0 Å². The van der Waals surface area contributed by atoms with E-state index < -0.39 is 69.8 Å². The molecule has 11 nitrogen and oxygen atoms in total. The van der Waals surface area contributed by atoms with E-state index in [1.165, 1.54) is 31.4 Å². The lowest BCUT2D eigenvalue weighted by atomic mass is 10.2. The Morgan fingerprint density at radius 2 is 1.31 bits per heavy atom. The van der Waals surface area contributed by atoms with E-state index in [1.54, 1.807) is 24.3 Å². The number of halogens is 2. The molecule has 0 saturated carbocycles. The second-order valence-electron chi connectivity index (χ2n) is 8.85. The highest BCUT2D eigenvalue weighted by Gasteiger charge is 2.45. The average Bonchev–Trinajstić information content (AvgIpc) is 3.52.